The van der Waals surface area contributed by atoms with E-state index in [2.05, 4.69) is 72.7 Å². The highest BCUT2D eigenvalue weighted by atomic mass is 14.9. The van der Waals surface area contributed by atoms with Gasteiger partial charge in [-0.2, -0.15) is 0 Å². The van der Waals surface area contributed by atoms with Crippen molar-refractivity contribution >= 4 is 10.8 Å². The number of hydrogen-bond acceptors (Lipinski definition) is 2. The lowest BCUT2D eigenvalue weighted by atomic mass is 9.99. The predicted octanol–water partition coefficient (Wildman–Crippen LogP) is 4.40. The molecule has 0 saturated carbocycles. The molecule has 1 aromatic heterocycles. The number of rotatable bonds is 4. The van der Waals surface area contributed by atoms with E-state index in [9.17, 15) is 0 Å². The van der Waals surface area contributed by atoms with Gasteiger partial charge in [0.1, 0.15) is 0 Å². The lowest BCUT2D eigenvalue weighted by molar-refractivity contribution is 0.588. The summed E-state index contributed by atoms with van der Waals surface area (Å²) >= 11 is 0. The summed E-state index contributed by atoms with van der Waals surface area (Å²) in [5.74, 6) is 0. The molecule has 0 amide bonds. The number of aromatic nitrogens is 1. The maximum atomic E-state index is 4.41. The third-order valence-corrected chi connectivity index (χ3v) is 3.61. The van der Waals surface area contributed by atoms with Crippen LogP contribution in [0.1, 0.15) is 19.4 Å². The Balaban J connectivity index is 2.01. The number of nitrogens with zero attached hydrogens (tertiary/aromatic N) is 1. The standard InChI is InChI=1S/C19H20N2/c1-14(2)21-12-15-10-17(13-20-11-15)19-9-5-7-16-6-3-4-8-18(16)19/h3-11,13-14,21H,12H2,1-2H3. The van der Waals surface area contributed by atoms with Gasteiger partial charge >= 0.3 is 0 Å². The summed E-state index contributed by atoms with van der Waals surface area (Å²) in [5, 5.41) is 5.98. The fourth-order valence-electron chi connectivity index (χ4n) is 2.53. The van der Waals surface area contributed by atoms with Gasteiger partial charge in [-0.1, -0.05) is 56.3 Å². The first kappa shape index (κ1) is 13.8. The molecule has 0 radical (unpaired) electrons. The van der Waals surface area contributed by atoms with Crippen molar-refractivity contribution in [2.24, 2.45) is 0 Å². The summed E-state index contributed by atoms with van der Waals surface area (Å²) < 4.78 is 0. The Morgan fingerprint density at radius 2 is 1.81 bits per heavy atom. The summed E-state index contributed by atoms with van der Waals surface area (Å²) in [6.45, 7) is 5.16. The average molecular weight is 276 g/mol. The summed E-state index contributed by atoms with van der Waals surface area (Å²) in [6.07, 6.45) is 3.88. The van der Waals surface area contributed by atoms with Gasteiger partial charge in [-0.25, -0.2) is 0 Å². The Morgan fingerprint density at radius 3 is 2.67 bits per heavy atom. The van der Waals surface area contributed by atoms with Crippen molar-refractivity contribution in [1.82, 2.24) is 10.3 Å². The first-order valence-corrected chi connectivity index (χ1v) is 7.39. The second-order valence-corrected chi connectivity index (χ2v) is 5.64. The number of benzene rings is 2. The number of fused-ring (bicyclic) bond motifs is 1. The zero-order valence-electron chi connectivity index (χ0n) is 12.5. The smallest absolute Gasteiger partial charge is 0.0346 e. The number of hydrogen-bond donors (Lipinski definition) is 1. The zero-order valence-corrected chi connectivity index (χ0v) is 12.5. The molecule has 2 heteroatoms. The van der Waals surface area contributed by atoms with Gasteiger partial charge in [-0.3, -0.25) is 4.98 Å². The molecule has 21 heavy (non-hydrogen) atoms. The molecule has 3 aromatic rings. The Bertz CT molecular complexity index is 742. The van der Waals surface area contributed by atoms with Gasteiger partial charge < -0.3 is 5.32 Å². The molecule has 0 fully saturated rings. The molecule has 0 aliphatic rings. The van der Waals surface area contributed by atoms with Crippen molar-refractivity contribution in [3.8, 4) is 11.1 Å². The van der Waals surface area contributed by atoms with Crippen molar-refractivity contribution < 1.29 is 0 Å². The van der Waals surface area contributed by atoms with E-state index in [0.717, 1.165) is 6.54 Å². The van der Waals surface area contributed by atoms with Crippen LogP contribution in [0.3, 0.4) is 0 Å². The Labute approximate surface area is 125 Å². The molecule has 0 aliphatic heterocycles. The molecule has 1 heterocycles. The molecule has 2 aromatic carbocycles. The molecule has 0 bridgehead atoms. The highest BCUT2D eigenvalue weighted by Crippen LogP contribution is 2.28. The molecule has 0 aliphatic carbocycles. The fourth-order valence-corrected chi connectivity index (χ4v) is 2.53. The molecule has 106 valence electrons. The summed E-state index contributed by atoms with van der Waals surface area (Å²) in [7, 11) is 0. The normalized spacial score (nSPS) is 11.2. The van der Waals surface area contributed by atoms with Crippen molar-refractivity contribution in [2.45, 2.75) is 26.4 Å². The molecule has 3 rings (SSSR count). The van der Waals surface area contributed by atoms with E-state index >= 15 is 0 Å². The molecule has 0 unspecified atom stereocenters. The molecule has 1 N–H and O–H groups in total. The Morgan fingerprint density at radius 1 is 1.00 bits per heavy atom. The maximum absolute atomic E-state index is 4.41. The lowest BCUT2D eigenvalue weighted by Crippen LogP contribution is -2.21. The maximum Gasteiger partial charge on any atom is 0.0346 e. The minimum atomic E-state index is 0.478. The quantitative estimate of drug-likeness (QED) is 0.764. The summed E-state index contributed by atoms with van der Waals surface area (Å²) in [5.41, 5.74) is 3.64. The van der Waals surface area contributed by atoms with E-state index < -0.39 is 0 Å². The van der Waals surface area contributed by atoms with Gasteiger partial charge in [0.25, 0.3) is 0 Å². The number of pyridine rings is 1. The van der Waals surface area contributed by atoms with Crippen molar-refractivity contribution in [3.63, 3.8) is 0 Å². The van der Waals surface area contributed by atoms with Crippen LogP contribution in [0.4, 0.5) is 0 Å². The monoisotopic (exact) mass is 276 g/mol. The van der Waals surface area contributed by atoms with E-state index in [1.807, 2.05) is 12.4 Å². The Hall–Kier alpha value is -2.19. The van der Waals surface area contributed by atoms with E-state index in [1.54, 1.807) is 0 Å². The van der Waals surface area contributed by atoms with Gasteiger partial charge in [-0.15, -0.1) is 0 Å². The lowest BCUT2D eigenvalue weighted by Gasteiger charge is -2.10. The van der Waals surface area contributed by atoms with Crippen LogP contribution in [0.15, 0.2) is 60.9 Å². The molecule has 0 spiro atoms. The van der Waals surface area contributed by atoms with E-state index in [-0.39, 0.29) is 0 Å². The highest BCUT2D eigenvalue weighted by Gasteiger charge is 2.05. The first-order chi connectivity index (χ1) is 10.2. The van der Waals surface area contributed by atoms with Crippen molar-refractivity contribution in [3.05, 3.63) is 66.5 Å². The third kappa shape index (κ3) is 3.11. The largest absolute Gasteiger partial charge is 0.310 e. The van der Waals surface area contributed by atoms with Gasteiger partial charge in [0.05, 0.1) is 0 Å². The van der Waals surface area contributed by atoms with Crippen LogP contribution in [0.2, 0.25) is 0 Å². The van der Waals surface area contributed by atoms with E-state index in [0.29, 0.717) is 6.04 Å². The SMILES string of the molecule is CC(C)NCc1cncc(-c2cccc3ccccc23)c1. The summed E-state index contributed by atoms with van der Waals surface area (Å²) in [6, 6.07) is 17.6. The topological polar surface area (TPSA) is 24.9 Å². The van der Waals surface area contributed by atoms with Crippen molar-refractivity contribution in [2.75, 3.05) is 0 Å². The fraction of sp³-hybridized carbons (Fsp3) is 0.211. The minimum absolute atomic E-state index is 0.478. The molecular formula is C19H20N2. The molecular weight excluding hydrogens is 256 g/mol. The van der Waals surface area contributed by atoms with Gasteiger partial charge in [0.15, 0.2) is 0 Å². The minimum Gasteiger partial charge on any atom is -0.310 e. The van der Waals surface area contributed by atoms with Crippen LogP contribution in [0, 0.1) is 0 Å². The van der Waals surface area contributed by atoms with Gasteiger partial charge in [0.2, 0.25) is 0 Å². The third-order valence-electron chi connectivity index (χ3n) is 3.61. The zero-order chi connectivity index (χ0) is 14.7. The first-order valence-electron chi connectivity index (χ1n) is 7.39. The second kappa shape index (κ2) is 6.06. The van der Waals surface area contributed by atoms with Crippen LogP contribution in [0.25, 0.3) is 21.9 Å². The van der Waals surface area contributed by atoms with Crippen LogP contribution in [-0.2, 0) is 6.54 Å². The molecule has 2 nitrogen and oxygen atoms in total. The van der Waals surface area contributed by atoms with Crippen LogP contribution in [-0.4, -0.2) is 11.0 Å². The van der Waals surface area contributed by atoms with Gasteiger partial charge in [0, 0.05) is 30.5 Å². The highest BCUT2D eigenvalue weighted by molar-refractivity contribution is 5.96. The predicted molar refractivity (Wildman–Crippen MR) is 89.2 cm³/mol. The molecule has 0 saturated heterocycles. The van der Waals surface area contributed by atoms with Crippen molar-refractivity contribution in [1.29, 1.82) is 0 Å². The van der Waals surface area contributed by atoms with Crippen LogP contribution in [0.5, 0.6) is 0 Å². The van der Waals surface area contributed by atoms with Crippen LogP contribution >= 0.6 is 0 Å². The van der Waals surface area contributed by atoms with E-state index in [4.69, 9.17) is 0 Å². The summed E-state index contributed by atoms with van der Waals surface area (Å²) in [4.78, 5) is 4.41. The van der Waals surface area contributed by atoms with Crippen LogP contribution < -0.4 is 5.32 Å². The number of nitrogens with one attached hydrogen (secondary N) is 1. The van der Waals surface area contributed by atoms with Gasteiger partial charge in [-0.05, 0) is 28.0 Å². The average Bonchev–Trinajstić information content (AvgIpc) is 2.52. The Kier molecular flexibility index (Phi) is 3.98. The van der Waals surface area contributed by atoms with E-state index in [1.165, 1.54) is 27.5 Å². The second-order valence-electron chi connectivity index (χ2n) is 5.64. The molecule has 0 atom stereocenters.